The van der Waals surface area contributed by atoms with Gasteiger partial charge >= 0.3 is 6.18 Å². The Morgan fingerprint density at radius 2 is 1.85 bits per heavy atom. The van der Waals surface area contributed by atoms with Gasteiger partial charge in [-0.2, -0.15) is 13.2 Å². The van der Waals surface area contributed by atoms with E-state index < -0.39 is 17.6 Å². The number of aryl methyl sites for hydroxylation is 1. The molecular weight excluding hydrogens is 359 g/mol. The SMILES string of the molecule is O=C(Nc1ccc(C(F)(F)F)cc1)c1ccc2c(=O)n3c(nc2c1)CCC3. The summed E-state index contributed by atoms with van der Waals surface area (Å²) in [5.74, 6) is 0.215. The van der Waals surface area contributed by atoms with Gasteiger partial charge in [0.05, 0.1) is 16.5 Å². The summed E-state index contributed by atoms with van der Waals surface area (Å²) in [6.45, 7) is 0.646. The van der Waals surface area contributed by atoms with Gasteiger partial charge in [-0.05, 0) is 48.9 Å². The highest BCUT2D eigenvalue weighted by Gasteiger charge is 2.30. The van der Waals surface area contributed by atoms with E-state index in [4.69, 9.17) is 0 Å². The third-order valence-electron chi connectivity index (χ3n) is 4.55. The number of anilines is 1. The molecule has 1 amide bonds. The molecule has 0 aliphatic carbocycles. The van der Waals surface area contributed by atoms with Crippen molar-refractivity contribution in [2.45, 2.75) is 25.6 Å². The molecule has 27 heavy (non-hydrogen) atoms. The molecule has 0 fully saturated rings. The second-order valence-electron chi connectivity index (χ2n) is 6.35. The summed E-state index contributed by atoms with van der Waals surface area (Å²) in [7, 11) is 0. The van der Waals surface area contributed by atoms with Gasteiger partial charge in [0.15, 0.2) is 0 Å². The smallest absolute Gasteiger partial charge is 0.322 e. The molecule has 0 bridgehead atoms. The van der Waals surface area contributed by atoms with Gasteiger partial charge in [0.2, 0.25) is 0 Å². The molecule has 2 aromatic carbocycles. The Morgan fingerprint density at radius 1 is 1.11 bits per heavy atom. The van der Waals surface area contributed by atoms with Crippen molar-refractivity contribution in [2.24, 2.45) is 0 Å². The summed E-state index contributed by atoms with van der Waals surface area (Å²) in [6.07, 6.45) is -2.85. The maximum Gasteiger partial charge on any atom is 0.416 e. The Kier molecular flexibility index (Phi) is 3.98. The molecule has 1 aliphatic rings. The monoisotopic (exact) mass is 373 g/mol. The van der Waals surface area contributed by atoms with Crippen molar-refractivity contribution in [1.29, 1.82) is 0 Å². The van der Waals surface area contributed by atoms with E-state index in [-0.39, 0.29) is 16.8 Å². The Hall–Kier alpha value is -3.16. The number of hydrogen-bond acceptors (Lipinski definition) is 3. The summed E-state index contributed by atoms with van der Waals surface area (Å²) < 4.78 is 39.4. The van der Waals surface area contributed by atoms with Crippen molar-refractivity contribution in [3.63, 3.8) is 0 Å². The third kappa shape index (κ3) is 3.18. The lowest BCUT2D eigenvalue weighted by atomic mass is 10.1. The fourth-order valence-electron chi connectivity index (χ4n) is 3.17. The zero-order chi connectivity index (χ0) is 19.2. The van der Waals surface area contributed by atoms with Crippen LogP contribution in [0.2, 0.25) is 0 Å². The highest BCUT2D eigenvalue weighted by Crippen LogP contribution is 2.30. The lowest BCUT2D eigenvalue weighted by Gasteiger charge is -2.10. The number of carbonyl (C=O) groups is 1. The van der Waals surface area contributed by atoms with Gasteiger partial charge in [-0.1, -0.05) is 0 Å². The molecule has 0 saturated carbocycles. The largest absolute Gasteiger partial charge is 0.416 e. The molecule has 2 heterocycles. The molecule has 8 heteroatoms. The number of carbonyl (C=O) groups excluding carboxylic acids is 1. The summed E-state index contributed by atoms with van der Waals surface area (Å²) in [5, 5.41) is 2.99. The van der Waals surface area contributed by atoms with Crippen LogP contribution in [0.4, 0.5) is 18.9 Å². The van der Waals surface area contributed by atoms with Crippen molar-refractivity contribution in [1.82, 2.24) is 9.55 Å². The van der Waals surface area contributed by atoms with Crippen LogP contribution in [0.5, 0.6) is 0 Å². The van der Waals surface area contributed by atoms with Crippen LogP contribution in [0, 0.1) is 0 Å². The van der Waals surface area contributed by atoms with Crippen LogP contribution in [-0.2, 0) is 19.1 Å². The molecule has 5 nitrogen and oxygen atoms in total. The predicted octanol–water partition coefficient (Wildman–Crippen LogP) is 3.61. The summed E-state index contributed by atoms with van der Waals surface area (Å²) in [5.41, 5.74) is 0.0486. The first-order valence-corrected chi connectivity index (χ1v) is 8.35. The van der Waals surface area contributed by atoms with E-state index in [2.05, 4.69) is 10.3 Å². The van der Waals surface area contributed by atoms with Crippen LogP contribution in [0.1, 0.15) is 28.2 Å². The van der Waals surface area contributed by atoms with Crippen molar-refractivity contribution < 1.29 is 18.0 Å². The van der Waals surface area contributed by atoms with Crippen LogP contribution in [0.15, 0.2) is 47.3 Å². The zero-order valence-corrected chi connectivity index (χ0v) is 14.0. The Labute approximate surface area is 151 Å². The molecule has 1 aliphatic heterocycles. The summed E-state index contributed by atoms with van der Waals surface area (Å²) in [6, 6.07) is 8.78. The number of alkyl halides is 3. The lowest BCUT2D eigenvalue weighted by molar-refractivity contribution is -0.137. The van der Waals surface area contributed by atoms with Crippen LogP contribution < -0.4 is 10.9 Å². The Bertz CT molecular complexity index is 1100. The van der Waals surface area contributed by atoms with Crippen LogP contribution in [-0.4, -0.2) is 15.5 Å². The average molecular weight is 373 g/mol. The quantitative estimate of drug-likeness (QED) is 0.746. The number of halogens is 3. The molecule has 0 spiro atoms. The molecule has 0 atom stereocenters. The number of nitrogens with zero attached hydrogens (tertiary/aromatic N) is 2. The first-order valence-electron chi connectivity index (χ1n) is 8.35. The summed E-state index contributed by atoms with van der Waals surface area (Å²) >= 11 is 0. The van der Waals surface area contributed by atoms with Crippen molar-refractivity contribution in [2.75, 3.05) is 5.32 Å². The van der Waals surface area contributed by atoms with Crippen LogP contribution in [0.3, 0.4) is 0 Å². The predicted molar refractivity (Wildman–Crippen MR) is 93.7 cm³/mol. The van der Waals surface area contributed by atoms with Crippen molar-refractivity contribution in [3.8, 4) is 0 Å². The molecule has 0 radical (unpaired) electrons. The van der Waals surface area contributed by atoms with E-state index in [1.165, 1.54) is 24.3 Å². The summed E-state index contributed by atoms with van der Waals surface area (Å²) in [4.78, 5) is 29.3. The van der Waals surface area contributed by atoms with Crippen LogP contribution >= 0.6 is 0 Å². The highest BCUT2D eigenvalue weighted by molar-refractivity contribution is 6.06. The maximum atomic E-state index is 12.6. The average Bonchev–Trinajstić information content (AvgIpc) is 3.10. The molecule has 1 N–H and O–H groups in total. The number of aromatic nitrogens is 2. The number of nitrogens with one attached hydrogen (secondary N) is 1. The van der Waals surface area contributed by atoms with E-state index in [1.807, 2.05) is 0 Å². The lowest BCUT2D eigenvalue weighted by Crippen LogP contribution is -2.21. The van der Waals surface area contributed by atoms with Gasteiger partial charge in [-0.15, -0.1) is 0 Å². The molecule has 4 rings (SSSR count). The number of fused-ring (bicyclic) bond motifs is 2. The second kappa shape index (κ2) is 6.22. The third-order valence-corrected chi connectivity index (χ3v) is 4.55. The molecular formula is C19H14F3N3O2. The molecule has 0 saturated heterocycles. The van der Waals surface area contributed by atoms with Crippen molar-refractivity contribution >= 4 is 22.5 Å². The first kappa shape index (κ1) is 17.3. The molecule has 138 valence electrons. The molecule has 1 aromatic heterocycles. The topological polar surface area (TPSA) is 64.0 Å². The normalized spacial score (nSPS) is 13.6. The molecule has 0 unspecified atom stereocenters. The van der Waals surface area contributed by atoms with Gasteiger partial charge in [0.1, 0.15) is 5.82 Å². The van der Waals surface area contributed by atoms with E-state index in [0.29, 0.717) is 29.7 Å². The minimum Gasteiger partial charge on any atom is -0.322 e. The standard InChI is InChI=1S/C19H14F3N3O2/c20-19(21,22)12-4-6-13(7-5-12)23-17(26)11-3-8-14-15(10-11)24-16-2-1-9-25(16)18(14)27/h3-8,10H,1-2,9H2,(H,23,26). The van der Waals surface area contributed by atoms with Gasteiger partial charge < -0.3 is 5.32 Å². The van der Waals surface area contributed by atoms with Gasteiger partial charge in [0, 0.05) is 24.2 Å². The Morgan fingerprint density at radius 3 is 2.56 bits per heavy atom. The van der Waals surface area contributed by atoms with E-state index in [1.54, 1.807) is 10.6 Å². The van der Waals surface area contributed by atoms with E-state index in [9.17, 15) is 22.8 Å². The maximum absolute atomic E-state index is 12.6. The zero-order valence-electron chi connectivity index (χ0n) is 14.0. The minimum absolute atomic E-state index is 0.123. The van der Waals surface area contributed by atoms with Gasteiger partial charge in [0.25, 0.3) is 11.5 Å². The number of rotatable bonds is 2. The Balaban J connectivity index is 1.61. The van der Waals surface area contributed by atoms with Gasteiger partial charge in [-0.25, -0.2) is 4.98 Å². The van der Waals surface area contributed by atoms with Crippen LogP contribution in [0.25, 0.3) is 10.9 Å². The highest BCUT2D eigenvalue weighted by atomic mass is 19.4. The minimum atomic E-state index is -4.43. The fourth-order valence-corrected chi connectivity index (χ4v) is 3.17. The molecule has 3 aromatic rings. The van der Waals surface area contributed by atoms with E-state index in [0.717, 1.165) is 18.6 Å². The number of hydrogen-bond donors (Lipinski definition) is 1. The van der Waals surface area contributed by atoms with Gasteiger partial charge in [-0.3, -0.25) is 14.2 Å². The fraction of sp³-hybridized carbons (Fsp3) is 0.211. The second-order valence-corrected chi connectivity index (χ2v) is 6.35. The van der Waals surface area contributed by atoms with E-state index >= 15 is 0 Å². The number of amides is 1. The number of benzene rings is 2. The first-order chi connectivity index (χ1) is 12.8. The van der Waals surface area contributed by atoms with Crippen molar-refractivity contribution in [3.05, 3.63) is 69.8 Å².